The standard InChI is InChI=1S/C18H12N6O2/c19-7-12-3-1-2-4-13(12)10-24-11-14(8-21-24)26-18-22-16-9-20-6-5-15(16)17(25)23-18/h1-6,8-9,11H,10H2,(H,22,23,25). The summed E-state index contributed by atoms with van der Waals surface area (Å²) in [6.07, 6.45) is 6.21. The molecule has 1 aromatic carbocycles. The van der Waals surface area contributed by atoms with Crippen molar-refractivity contribution in [1.29, 1.82) is 5.26 Å². The van der Waals surface area contributed by atoms with E-state index in [0.717, 1.165) is 5.56 Å². The van der Waals surface area contributed by atoms with E-state index in [2.05, 4.69) is 26.1 Å². The number of hydrogen-bond donors (Lipinski definition) is 1. The highest BCUT2D eigenvalue weighted by Crippen LogP contribution is 2.18. The van der Waals surface area contributed by atoms with Crippen LogP contribution in [0.3, 0.4) is 0 Å². The van der Waals surface area contributed by atoms with E-state index in [1.807, 2.05) is 18.2 Å². The quantitative estimate of drug-likeness (QED) is 0.608. The number of rotatable bonds is 4. The molecule has 0 saturated carbocycles. The van der Waals surface area contributed by atoms with E-state index in [9.17, 15) is 4.79 Å². The predicted molar refractivity (Wildman–Crippen MR) is 92.7 cm³/mol. The molecule has 0 unspecified atom stereocenters. The fourth-order valence-electron chi connectivity index (χ4n) is 2.55. The van der Waals surface area contributed by atoms with E-state index in [-0.39, 0.29) is 11.6 Å². The average molecular weight is 344 g/mol. The molecule has 3 heterocycles. The topological polar surface area (TPSA) is 109 Å². The number of nitriles is 1. The SMILES string of the molecule is N#Cc1ccccc1Cn1cc(Oc2nc3cnccc3c(=O)[nH]2)cn1. The number of fused-ring (bicyclic) bond motifs is 1. The van der Waals surface area contributed by atoms with Crippen LogP contribution in [0.1, 0.15) is 11.1 Å². The van der Waals surface area contributed by atoms with Crippen molar-refractivity contribution in [3.05, 3.63) is 76.6 Å². The average Bonchev–Trinajstić information content (AvgIpc) is 3.09. The smallest absolute Gasteiger partial charge is 0.302 e. The van der Waals surface area contributed by atoms with Crippen molar-refractivity contribution in [2.75, 3.05) is 0 Å². The molecule has 26 heavy (non-hydrogen) atoms. The van der Waals surface area contributed by atoms with Gasteiger partial charge in [0.25, 0.3) is 5.56 Å². The van der Waals surface area contributed by atoms with Crippen molar-refractivity contribution in [3.63, 3.8) is 0 Å². The molecule has 0 aliphatic heterocycles. The van der Waals surface area contributed by atoms with E-state index < -0.39 is 0 Å². The van der Waals surface area contributed by atoms with Gasteiger partial charge in [-0.1, -0.05) is 18.2 Å². The summed E-state index contributed by atoms with van der Waals surface area (Å²) in [7, 11) is 0. The summed E-state index contributed by atoms with van der Waals surface area (Å²) in [4.78, 5) is 22.8. The van der Waals surface area contributed by atoms with Gasteiger partial charge < -0.3 is 4.74 Å². The Labute approximate surface area is 147 Å². The summed E-state index contributed by atoms with van der Waals surface area (Å²) in [5.74, 6) is 0.422. The molecule has 0 amide bonds. The van der Waals surface area contributed by atoms with E-state index in [1.165, 1.54) is 18.6 Å². The molecule has 0 atom stereocenters. The first-order chi connectivity index (χ1) is 12.7. The van der Waals surface area contributed by atoms with E-state index in [4.69, 9.17) is 10.00 Å². The molecule has 0 aliphatic rings. The Hall–Kier alpha value is -3.99. The van der Waals surface area contributed by atoms with Crippen LogP contribution >= 0.6 is 0 Å². The van der Waals surface area contributed by atoms with Crippen LogP contribution in [-0.2, 0) is 6.54 Å². The summed E-state index contributed by atoms with van der Waals surface area (Å²) in [5.41, 5.74) is 1.59. The second-order valence-electron chi connectivity index (χ2n) is 5.51. The maximum atomic E-state index is 12.1. The Bertz CT molecular complexity index is 1190. The second kappa shape index (κ2) is 6.49. The molecular formula is C18H12N6O2. The number of aromatic nitrogens is 5. The molecule has 0 fully saturated rings. The summed E-state index contributed by atoms with van der Waals surface area (Å²) in [5, 5.41) is 13.8. The third-order valence-corrected chi connectivity index (χ3v) is 3.78. The van der Waals surface area contributed by atoms with Crippen molar-refractivity contribution in [2.24, 2.45) is 0 Å². The minimum Gasteiger partial charge on any atom is -0.422 e. The molecule has 126 valence electrons. The monoisotopic (exact) mass is 344 g/mol. The van der Waals surface area contributed by atoms with Gasteiger partial charge in [0.05, 0.1) is 47.7 Å². The van der Waals surface area contributed by atoms with Crippen molar-refractivity contribution >= 4 is 10.9 Å². The Kier molecular flexibility index (Phi) is 3.88. The van der Waals surface area contributed by atoms with Crippen LogP contribution in [0.25, 0.3) is 10.9 Å². The molecule has 0 bridgehead atoms. The molecule has 3 aromatic heterocycles. The van der Waals surface area contributed by atoms with Gasteiger partial charge in [0.1, 0.15) is 0 Å². The van der Waals surface area contributed by atoms with Crippen LogP contribution in [0.4, 0.5) is 0 Å². The number of pyridine rings is 1. The maximum absolute atomic E-state index is 12.1. The first-order valence-electron chi connectivity index (χ1n) is 7.75. The highest BCUT2D eigenvalue weighted by atomic mass is 16.5. The van der Waals surface area contributed by atoms with Gasteiger partial charge in [0, 0.05) is 6.20 Å². The van der Waals surface area contributed by atoms with Crippen molar-refractivity contribution in [3.8, 4) is 17.8 Å². The summed E-state index contributed by atoms with van der Waals surface area (Å²) in [6.45, 7) is 0.429. The maximum Gasteiger partial charge on any atom is 0.302 e. The van der Waals surface area contributed by atoms with Gasteiger partial charge in [-0.2, -0.15) is 15.3 Å². The van der Waals surface area contributed by atoms with Gasteiger partial charge in [-0.05, 0) is 17.7 Å². The normalized spacial score (nSPS) is 10.6. The Morgan fingerprint density at radius 1 is 1.23 bits per heavy atom. The van der Waals surface area contributed by atoms with Crippen molar-refractivity contribution in [1.82, 2.24) is 24.7 Å². The predicted octanol–water partition coefficient (Wildman–Crippen LogP) is 2.23. The lowest BCUT2D eigenvalue weighted by Crippen LogP contribution is -2.09. The van der Waals surface area contributed by atoms with E-state index >= 15 is 0 Å². The minimum atomic E-state index is -0.303. The van der Waals surface area contributed by atoms with Gasteiger partial charge >= 0.3 is 6.01 Å². The fourth-order valence-corrected chi connectivity index (χ4v) is 2.55. The molecule has 0 saturated heterocycles. The fraction of sp³-hybridized carbons (Fsp3) is 0.0556. The molecule has 0 radical (unpaired) electrons. The minimum absolute atomic E-state index is 0.0625. The van der Waals surface area contributed by atoms with Crippen LogP contribution in [0.5, 0.6) is 11.8 Å². The van der Waals surface area contributed by atoms with Crippen LogP contribution in [0.2, 0.25) is 0 Å². The van der Waals surface area contributed by atoms with Gasteiger partial charge in [-0.15, -0.1) is 0 Å². The highest BCUT2D eigenvalue weighted by Gasteiger charge is 2.08. The number of benzene rings is 1. The van der Waals surface area contributed by atoms with Crippen LogP contribution < -0.4 is 10.3 Å². The van der Waals surface area contributed by atoms with Gasteiger partial charge in [0.15, 0.2) is 5.75 Å². The molecule has 8 nitrogen and oxygen atoms in total. The van der Waals surface area contributed by atoms with Gasteiger partial charge in [-0.25, -0.2) is 0 Å². The Balaban J connectivity index is 1.57. The first kappa shape index (κ1) is 15.5. The zero-order chi connectivity index (χ0) is 17.9. The molecule has 4 aromatic rings. The summed E-state index contributed by atoms with van der Waals surface area (Å²) in [6, 6.07) is 11.1. The molecule has 1 N–H and O–H groups in total. The van der Waals surface area contributed by atoms with E-state index in [1.54, 1.807) is 23.0 Å². The van der Waals surface area contributed by atoms with Crippen LogP contribution in [-0.4, -0.2) is 24.7 Å². The van der Waals surface area contributed by atoms with Gasteiger partial charge in [0.2, 0.25) is 0 Å². The third-order valence-electron chi connectivity index (χ3n) is 3.78. The number of hydrogen-bond acceptors (Lipinski definition) is 6. The number of nitrogens with zero attached hydrogens (tertiary/aromatic N) is 5. The number of H-pyrrole nitrogens is 1. The zero-order valence-electron chi connectivity index (χ0n) is 13.5. The van der Waals surface area contributed by atoms with Crippen LogP contribution in [0, 0.1) is 11.3 Å². The first-order valence-corrected chi connectivity index (χ1v) is 7.75. The lowest BCUT2D eigenvalue weighted by atomic mass is 10.1. The number of ether oxygens (including phenoxy) is 1. The molecular weight excluding hydrogens is 332 g/mol. The second-order valence-corrected chi connectivity index (χ2v) is 5.51. The van der Waals surface area contributed by atoms with Crippen molar-refractivity contribution in [2.45, 2.75) is 6.54 Å². The van der Waals surface area contributed by atoms with Crippen LogP contribution in [0.15, 0.2) is 59.9 Å². The number of aromatic amines is 1. The van der Waals surface area contributed by atoms with Crippen molar-refractivity contribution < 1.29 is 4.74 Å². The molecule has 0 aliphatic carbocycles. The van der Waals surface area contributed by atoms with Gasteiger partial charge in [-0.3, -0.25) is 19.4 Å². The highest BCUT2D eigenvalue weighted by molar-refractivity contribution is 5.76. The third kappa shape index (κ3) is 3.01. The molecule has 4 rings (SSSR count). The Morgan fingerprint density at radius 2 is 2.12 bits per heavy atom. The zero-order valence-corrected chi connectivity index (χ0v) is 13.5. The summed E-state index contributed by atoms with van der Waals surface area (Å²) < 4.78 is 7.24. The molecule has 8 heteroatoms. The van der Waals surface area contributed by atoms with E-state index in [0.29, 0.717) is 28.8 Å². The Morgan fingerprint density at radius 3 is 3.00 bits per heavy atom. The lowest BCUT2D eigenvalue weighted by Gasteiger charge is -2.04. The largest absolute Gasteiger partial charge is 0.422 e. The molecule has 0 spiro atoms. The number of nitrogens with one attached hydrogen (secondary N) is 1. The lowest BCUT2D eigenvalue weighted by molar-refractivity contribution is 0.442. The summed E-state index contributed by atoms with van der Waals surface area (Å²) >= 11 is 0.